The summed E-state index contributed by atoms with van der Waals surface area (Å²) in [6.07, 6.45) is 9.82. The maximum absolute atomic E-state index is 12.2. The fourth-order valence-electron chi connectivity index (χ4n) is 5.62. The Morgan fingerprint density at radius 1 is 0.806 bits per heavy atom. The molecule has 5 nitrogen and oxygen atoms in total. The van der Waals surface area contributed by atoms with Gasteiger partial charge in [-0.2, -0.15) is 0 Å². The van der Waals surface area contributed by atoms with E-state index in [0.717, 1.165) is 51.4 Å². The van der Waals surface area contributed by atoms with Gasteiger partial charge in [0.1, 0.15) is 0 Å². The van der Waals surface area contributed by atoms with Crippen molar-refractivity contribution in [1.29, 1.82) is 0 Å². The van der Waals surface area contributed by atoms with Gasteiger partial charge in [-0.1, -0.05) is 24.3 Å². The molecule has 0 bridgehead atoms. The van der Waals surface area contributed by atoms with Crippen LogP contribution in [0.15, 0.2) is 24.3 Å². The van der Waals surface area contributed by atoms with Crippen molar-refractivity contribution in [2.24, 2.45) is 5.92 Å². The van der Waals surface area contributed by atoms with Crippen LogP contribution in [0, 0.1) is 5.92 Å². The zero-order chi connectivity index (χ0) is 21.6. The number of hydrogen-bond acceptors (Lipinski definition) is 3. The number of hydrogen-bond donors (Lipinski definition) is 0. The molecule has 3 aliphatic heterocycles. The predicted octanol–water partition coefficient (Wildman–Crippen LogP) is 3.51. The summed E-state index contributed by atoms with van der Waals surface area (Å²) in [5.74, 6) is 1.32. The van der Waals surface area contributed by atoms with Crippen LogP contribution in [0.5, 0.6) is 0 Å². The largest absolute Gasteiger partial charge is 0.343 e. The maximum Gasteiger partial charge on any atom is 0.222 e. The van der Waals surface area contributed by atoms with Gasteiger partial charge in [-0.3, -0.25) is 9.59 Å². The van der Waals surface area contributed by atoms with E-state index in [-0.39, 0.29) is 5.91 Å². The minimum absolute atomic E-state index is 0.223. The first-order chi connectivity index (χ1) is 15.1. The van der Waals surface area contributed by atoms with E-state index < -0.39 is 0 Å². The van der Waals surface area contributed by atoms with Crippen molar-refractivity contribution >= 4 is 11.8 Å². The lowest BCUT2D eigenvalue weighted by molar-refractivity contribution is -0.131. The van der Waals surface area contributed by atoms with Crippen LogP contribution in [0.3, 0.4) is 0 Å². The molecule has 3 fully saturated rings. The van der Waals surface area contributed by atoms with Gasteiger partial charge in [-0.25, -0.2) is 0 Å². The van der Waals surface area contributed by atoms with Gasteiger partial charge in [0.05, 0.1) is 0 Å². The van der Waals surface area contributed by atoms with Gasteiger partial charge in [0.15, 0.2) is 0 Å². The van der Waals surface area contributed by atoms with Crippen molar-refractivity contribution in [3.8, 4) is 0 Å². The molecule has 0 spiro atoms. The third-order valence-corrected chi connectivity index (χ3v) is 7.71. The molecule has 170 valence electrons. The van der Waals surface area contributed by atoms with E-state index >= 15 is 0 Å². The molecule has 3 heterocycles. The summed E-state index contributed by atoms with van der Waals surface area (Å²) in [6.45, 7) is 7.85. The van der Waals surface area contributed by atoms with Gasteiger partial charge in [0, 0.05) is 45.6 Å². The second-order valence-corrected chi connectivity index (χ2v) is 9.83. The molecule has 2 amide bonds. The number of carbonyl (C=O) groups is 2. The number of nitrogens with zero attached hydrogens (tertiary/aromatic N) is 3. The highest BCUT2D eigenvalue weighted by Crippen LogP contribution is 2.26. The predicted molar refractivity (Wildman–Crippen MR) is 124 cm³/mol. The summed E-state index contributed by atoms with van der Waals surface area (Å²) in [4.78, 5) is 30.5. The van der Waals surface area contributed by atoms with Gasteiger partial charge in [0.2, 0.25) is 11.8 Å². The van der Waals surface area contributed by atoms with Crippen molar-refractivity contribution in [2.75, 3.05) is 39.3 Å². The van der Waals surface area contributed by atoms with Crippen LogP contribution in [0.4, 0.5) is 0 Å². The highest BCUT2D eigenvalue weighted by Gasteiger charge is 2.28. The average molecular weight is 426 g/mol. The minimum atomic E-state index is 0.223. The van der Waals surface area contributed by atoms with Gasteiger partial charge < -0.3 is 14.7 Å². The molecule has 5 heteroatoms. The van der Waals surface area contributed by atoms with Crippen molar-refractivity contribution in [1.82, 2.24) is 14.7 Å². The minimum Gasteiger partial charge on any atom is -0.343 e. The Hall–Kier alpha value is -1.88. The Kier molecular flexibility index (Phi) is 7.65. The van der Waals surface area contributed by atoms with Crippen molar-refractivity contribution in [2.45, 2.75) is 70.8 Å². The first kappa shape index (κ1) is 22.3. The van der Waals surface area contributed by atoms with Gasteiger partial charge in [0.25, 0.3) is 0 Å². The molecular weight excluding hydrogens is 386 g/mol. The lowest BCUT2D eigenvalue weighted by Crippen LogP contribution is -2.48. The van der Waals surface area contributed by atoms with E-state index in [4.69, 9.17) is 0 Å². The molecule has 0 aromatic heterocycles. The van der Waals surface area contributed by atoms with E-state index in [2.05, 4.69) is 29.2 Å². The molecular formula is C26H39N3O2. The first-order valence-electron chi connectivity index (χ1n) is 12.4. The molecule has 0 unspecified atom stereocenters. The summed E-state index contributed by atoms with van der Waals surface area (Å²) in [7, 11) is 0. The Labute approximate surface area is 187 Å². The summed E-state index contributed by atoms with van der Waals surface area (Å²) in [5, 5.41) is 0. The number of benzene rings is 1. The van der Waals surface area contributed by atoms with E-state index in [1.54, 1.807) is 6.92 Å². The molecule has 1 aromatic rings. The smallest absolute Gasteiger partial charge is 0.222 e. The molecule has 31 heavy (non-hydrogen) atoms. The third kappa shape index (κ3) is 6.09. The highest BCUT2D eigenvalue weighted by atomic mass is 16.2. The molecule has 0 saturated carbocycles. The van der Waals surface area contributed by atoms with Crippen LogP contribution >= 0.6 is 0 Å². The lowest BCUT2D eigenvalue weighted by Gasteiger charge is -2.41. The van der Waals surface area contributed by atoms with Crippen LogP contribution in [0.2, 0.25) is 0 Å². The Bertz CT molecular complexity index is 726. The second kappa shape index (κ2) is 10.6. The number of likely N-dealkylation sites (tertiary alicyclic amines) is 3. The fraction of sp³-hybridized carbons (Fsp3) is 0.692. The summed E-state index contributed by atoms with van der Waals surface area (Å²) < 4.78 is 0. The van der Waals surface area contributed by atoms with Gasteiger partial charge in [-0.15, -0.1) is 0 Å². The van der Waals surface area contributed by atoms with E-state index in [9.17, 15) is 9.59 Å². The second-order valence-electron chi connectivity index (χ2n) is 9.83. The number of carbonyl (C=O) groups excluding carboxylic acids is 2. The molecule has 0 aliphatic carbocycles. The zero-order valence-electron chi connectivity index (χ0n) is 19.2. The van der Waals surface area contributed by atoms with Crippen molar-refractivity contribution in [3.05, 3.63) is 35.4 Å². The van der Waals surface area contributed by atoms with Crippen molar-refractivity contribution < 1.29 is 9.59 Å². The summed E-state index contributed by atoms with van der Waals surface area (Å²) in [5.41, 5.74) is 2.71. The average Bonchev–Trinajstić information content (AvgIpc) is 3.34. The first-order valence-corrected chi connectivity index (χ1v) is 12.4. The number of piperidine rings is 2. The zero-order valence-corrected chi connectivity index (χ0v) is 19.2. The number of amides is 2. The standard InChI is InChI=1S/C26H39N3O2/c1-21(30)27-18-12-25(13-19-27)28-16-10-24(11-17-28)20-23-6-4-22(5-7-23)8-9-26(31)29-14-2-3-15-29/h4-7,24-25H,2-3,8-20H2,1H3. The fourth-order valence-corrected chi connectivity index (χ4v) is 5.62. The van der Waals surface area contributed by atoms with Crippen LogP contribution in [0.1, 0.15) is 63.0 Å². The van der Waals surface area contributed by atoms with Crippen LogP contribution in [-0.2, 0) is 22.4 Å². The van der Waals surface area contributed by atoms with Crippen LogP contribution in [-0.4, -0.2) is 71.8 Å². The van der Waals surface area contributed by atoms with E-state index in [1.165, 1.54) is 56.3 Å². The Morgan fingerprint density at radius 2 is 1.42 bits per heavy atom. The molecule has 3 saturated heterocycles. The van der Waals surface area contributed by atoms with Crippen LogP contribution in [0.25, 0.3) is 0 Å². The molecule has 3 aliphatic rings. The highest BCUT2D eigenvalue weighted by molar-refractivity contribution is 5.76. The monoisotopic (exact) mass is 425 g/mol. The number of rotatable bonds is 6. The Morgan fingerprint density at radius 3 is 2.03 bits per heavy atom. The van der Waals surface area contributed by atoms with Gasteiger partial charge >= 0.3 is 0 Å². The lowest BCUT2D eigenvalue weighted by atomic mass is 9.88. The molecule has 1 aromatic carbocycles. The maximum atomic E-state index is 12.2. The van der Waals surface area contributed by atoms with Gasteiger partial charge in [-0.05, 0) is 81.5 Å². The van der Waals surface area contributed by atoms with E-state index in [0.29, 0.717) is 18.4 Å². The third-order valence-electron chi connectivity index (χ3n) is 7.71. The molecule has 4 rings (SSSR count). The Balaban J connectivity index is 1.17. The number of aryl methyl sites for hydroxylation is 1. The molecule has 0 radical (unpaired) electrons. The normalized spacial score (nSPS) is 21.6. The molecule has 0 N–H and O–H groups in total. The van der Waals surface area contributed by atoms with E-state index in [1.807, 2.05) is 9.80 Å². The quantitative estimate of drug-likeness (QED) is 0.701. The topological polar surface area (TPSA) is 43.9 Å². The molecule has 0 atom stereocenters. The summed E-state index contributed by atoms with van der Waals surface area (Å²) >= 11 is 0. The van der Waals surface area contributed by atoms with Crippen molar-refractivity contribution in [3.63, 3.8) is 0 Å². The summed E-state index contributed by atoms with van der Waals surface area (Å²) in [6, 6.07) is 9.67. The van der Waals surface area contributed by atoms with Crippen LogP contribution < -0.4 is 0 Å². The SMILES string of the molecule is CC(=O)N1CCC(N2CCC(Cc3ccc(CCC(=O)N4CCCC4)cc3)CC2)CC1.